The van der Waals surface area contributed by atoms with Gasteiger partial charge in [-0.1, -0.05) is 42.2 Å². The highest BCUT2D eigenvalue weighted by Crippen LogP contribution is 2.21. The molecule has 0 aromatic heterocycles. The summed E-state index contributed by atoms with van der Waals surface area (Å²) in [7, 11) is 1.65. The van der Waals surface area contributed by atoms with Crippen LogP contribution in [0.25, 0.3) is 0 Å². The first kappa shape index (κ1) is 17.4. The lowest BCUT2D eigenvalue weighted by atomic mass is 10.1. The van der Waals surface area contributed by atoms with Gasteiger partial charge in [-0.3, -0.25) is 0 Å². The van der Waals surface area contributed by atoms with Crippen LogP contribution in [0.4, 0.5) is 4.79 Å². The number of rotatable bonds is 4. The lowest BCUT2D eigenvalue weighted by Gasteiger charge is -2.07. The molecule has 2 aromatic rings. The minimum Gasteiger partial charge on any atom is -0.496 e. The van der Waals surface area contributed by atoms with E-state index in [0.29, 0.717) is 0 Å². The molecule has 0 radical (unpaired) electrons. The van der Waals surface area contributed by atoms with Crippen LogP contribution in [-0.2, 0) is 11.3 Å². The topological polar surface area (TPSA) is 47.6 Å². The fourth-order valence-corrected chi connectivity index (χ4v) is 2.17. The van der Waals surface area contributed by atoms with Crippen LogP contribution in [-0.4, -0.2) is 19.7 Å². The number of carbonyl (C=O) groups excluding carboxylic acids is 1. The zero-order chi connectivity index (χ0) is 17.4. The summed E-state index contributed by atoms with van der Waals surface area (Å²) >= 11 is 0. The Balaban J connectivity index is 1.83. The van der Waals surface area contributed by atoms with Crippen molar-refractivity contribution in [1.82, 2.24) is 5.32 Å². The van der Waals surface area contributed by atoms with Crippen molar-refractivity contribution in [2.45, 2.75) is 20.5 Å². The average molecular weight is 323 g/mol. The van der Waals surface area contributed by atoms with Gasteiger partial charge in [0.2, 0.25) is 0 Å². The highest BCUT2D eigenvalue weighted by atomic mass is 16.5. The molecular weight excluding hydrogens is 302 g/mol. The monoisotopic (exact) mass is 323 g/mol. The summed E-state index contributed by atoms with van der Waals surface area (Å²) in [5.74, 6) is 6.84. The molecule has 0 unspecified atom stereocenters. The molecule has 2 aromatic carbocycles. The van der Waals surface area contributed by atoms with Gasteiger partial charge in [-0.05, 0) is 42.7 Å². The van der Waals surface area contributed by atoms with Crippen LogP contribution in [0.15, 0.2) is 42.5 Å². The summed E-state index contributed by atoms with van der Waals surface area (Å²) in [6.45, 7) is 4.44. The summed E-state index contributed by atoms with van der Waals surface area (Å²) in [5.41, 5.74) is 3.94. The number of hydrogen-bond acceptors (Lipinski definition) is 3. The Morgan fingerprint density at radius 1 is 1.12 bits per heavy atom. The molecule has 4 nitrogen and oxygen atoms in total. The molecule has 0 aliphatic heterocycles. The van der Waals surface area contributed by atoms with Crippen LogP contribution in [0.1, 0.15) is 22.3 Å². The van der Waals surface area contributed by atoms with Crippen LogP contribution < -0.4 is 10.1 Å². The molecule has 1 amide bonds. The van der Waals surface area contributed by atoms with Gasteiger partial charge in [0.1, 0.15) is 12.4 Å². The molecule has 0 spiro atoms. The molecule has 124 valence electrons. The van der Waals surface area contributed by atoms with Gasteiger partial charge in [-0.2, -0.15) is 0 Å². The number of methoxy groups -OCH3 is 1. The third-order valence-corrected chi connectivity index (χ3v) is 3.50. The van der Waals surface area contributed by atoms with Crippen molar-refractivity contribution < 1.29 is 14.3 Å². The normalized spacial score (nSPS) is 9.62. The van der Waals surface area contributed by atoms with E-state index in [1.54, 1.807) is 7.11 Å². The fraction of sp³-hybridized carbons (Fsp3) is 0.250. The third-order valence-electron chi connectivity index (χ3n) is 3.50. The molecule has 0 saturated heterocycles. The molecule has 2 rings (SSSR count). The van der Waals surface area contributed by atoms with Gasteiger partial charge in [0.05, 0.1) is 13.7 Å². The van der Waals surface area contributed by atoms with Crippen LogP contribution in [0.2, 0.25) is 0 Å². The van der Waals surface area contributed by atoms with Gasteiger partial charge in [-0.15, -0.1) is 0 Å². The van der Waals surface area contributed by atoms with Crippen molar-refractivity contribution in [3.05, 3.63) is 64.7 Å². The maximum absolute atomic E-state index is 11.6. The lowest BCUT2D eigenvalue weighted by Crippen LogP contribution is -2.24. The van der Waals surface area contributed by atoms with E-state index in [-0.39, 0.29) is 13.2 Å². The van der Waals surface area contributed by atoms with Crippen molar-refractivity contribution in [2.24, 2.45) is 0 Å². The van der Waals surface area contributed by atoms with Gasteiger partial charge in [-0.25, -0.2) is 4.79 Å². The largest absolute Gasteiger partial charge is 0.496 e. The number of benzene rings is 2. The average Bonchev–Trinajstić information content (AvgIpc) is 2.60. The summed E-state index contributed by atoms with van der Waals surface area (Å²) < 4.78 is 10.4. The summed E-state index contributed by atoms with van der Waals surface area (Å²) in [6, 6.07) is 13.5. The maximum atomic E-state index is 11.6. The van der Waals surface area contributed by atoms with Crippen LogP contribution >= 0.6 is 0 Å². The molecule has 1 N–H and O–H groups in total. The van der Waals surface area contributed by atoms with E-state index in [9.17, 15) is 4.79 Å². The number of aryl methyl sites for hydroxylation is 2. The summed E-state index contributed by atoms with van der Waals surface area (Å²) in [5, 5.41) is 2.62. The highest BCUT2D eigenvalue weighted by Gasteiger charge is 2.03. The van der Waals surface area contributed by atoms with E-state index in [2.05, 4.69) is 17.2 Å². The van der Waals surface area contributed by atoms with Crippen molar-refractivity contribution in [2.75, 3.05) is 13.7 Å². The Kier molecular flexibility index (Phi) is 6.27. The van der Waals surface area contributed by atoms with E-state index in [4.69, 9.17) is 9.47 Å². The number of ether oxygens (including phenoxy) is 2. The van der Waals surface area contributed by atoms with Crippen LogP contribution in [0.5, 0.6) is 5.75 Å². The van der Waals surface area contributed by atoms with Crippen molar-refractivity contribution in [1.29, 1.82) is 0 Å². The molecule has 0 aliphatic carbocycles. The van der Waals surface area contributed by atoms with Crippen LogP contribution in [0.3, 0.4) is 0 Å². The molecular formula is C20H21NO3. The number of hydrogen-bond donors (Lipinski definition) is 1. The maximum Gasteiger partial charge on any atom is 0.408 e. The van der Waals surface area contributed by atoms with E-state index in [0.717, 1.165) is 28.0 Å². The first-order chi connectivity index (χ1) is 11.6. The zero-order valence-corrected chi connectivity index (χ0v) is 14.2. The lowest BCUT2D eigenvalue weighted by molar-refractivity contribution is 0.141. The predicted molar refractivity (Wildman–Crippen MR) is 94.0 cm³/mol. The number of nitrogens with one attached hydrogen (secondary N) is 1. The molecule has 0 atom stereocenters. The Bertz CT molecular complexity index is 758. The first-order valence-electron chi connectivity index (χ1n) is 7.69. The van der Waals surface area contributed by atoms with E-state index in [1.807, 2.05) is 56.3 Å². The summed E-state index contributed by atoms with van der Waals surface area (Å²) in [4.78, 5) is 11.6. The number of carbonyl (C=O) groups is 1. The minimum atomic E-state index is -0.476. The standard InChI is InChI=1S/C20H21NO3/c1-15-13-19(23-3)16(2)12-18(15)10-7-11-21-20(22)24-14-17-8-5-4-6-9-17/h4-6,8-9,12-13H,11,14H2,1-3H3,(H,21,22). The van der Waals surface area contributed by atoms with Crippen molar-refractivity contribution >= 4 is 6.09 Å². The molecule has 0 aliphatic rings. The second-order valence-electron chi connectivity index (χ2n) is 5.35. The Hall–Kier alpha value is -2.93. The van der Waals surface area contributed by atoms with Crippen LogP contribution in [0, 0.1) is 25.7 Å². The van der Waals surface area contributed by atoms with E-state index >= 15 is 0 Å². The molecule has 0 saturated carbocycles. The Morgan fingerprint density at radius 3 is 2.58 bits per heavy atom. The fourth-order valence-electron chi connectivity index (χ4n) is 2.17. The molecule has 0 fully saturated rings. The van der Waals surface area contributed by atoms with Gasteiger partial charge in [0.15, 0.2) is 0 Å². The minimum absolute atomic E-state index is 0.234. The van der Waals surface area contributed by atoms with Gasteiger partial charge in [0, 0.05) is 5.56 Å². The van der Waals surface area contributed by atoms with E-state index in [1.165, 1.54) is 0 Å². The zero-order valence-electron chi connectivity index (χ0n) is 14.2. The SMILES string of the molecule is COc1cc(C)c(C#CCNC(=O)OCc2ccccc2)cc1C. The molecule has 24 heavy (non-hydrogen) atoms. The van der Waals surface area contributed by atoms with Crippen molar-refractivity contribution in [3.8, 4) is 17.6 Å². The Morgan fingerprint density at radius 2 is 1.88 bits per heavy atom. The second kappa shape index (κ2) is 8.64. The third kappa shape index (κ3) is 5.06. The predicted octanol–water partition coefficient (Wildman–Crippen LogP) is 3.59. The van der Waals surface area contributed by atoms with Gasteiger partial charge < -0.3 is 14.8 Å². The smallest absolute Gasteiger partial charge is 0.408 e. The first-order valence-corrected chi connectivity index (χ1v) is 7.69. The van der Waals surface area contributed by atoms with Gasteiger partial charge in [0.25, 0.3) is 0 Å². The van der Waals surface area contributed by atoms with Crippen molar-refractivity contribution in [3.63, 3.8) is 0 Å². The highest BCUT2D eigenvalue weighted by molar-refractivity contribution is 5.67. The molecule has 4 heteroatoms. The molecule has 0 bridgehead atoms. The quantitative estimate of drug-likeness (QED) is 0.875. The second-order valence-corrected chi connectivity index (χ2v) is 5.35. The van der Waals surface area contributed by atoms with E-state index < -0.39 is 6.09 Å². The van der Waals surface area contributed by atoms with Gasteiger partial charge >= 0.3 is 6.09 Å². The Labute approximate surface area is 142 Å². The number of alkyl carbamates (subject to hydrolysis) is 1. The number of amides is 1. The molecule has 0 heterocycles. The summed E-state index contributed by atoms with van der Waals surface area (Å²) in [6.07, 6.45) is -0.476.